The number of anilines is 1. The monoisotopic (exact) mass is 411 g/mol. The molecule has 0 spiro atoms. The van der Waals surface area contributed by atoms with Crippen LogP contribution in [0.3, 0.4) is 0 Å². The number of halogens is 3. The first-order chi connectivity index (χ1) is 10.1. The Morgan fingerprint density at radius 2 is 2.05 bits per heavy atom. The van der Waals surface area contributed by atoms with Crippen LogP contribution in [0.15, 0.2) is 45.3 Å². The Morgan fingerprint density at radius 3 is 2.76 bits per heavy atom. The largest absolute Gasteiger partial charge is 0.481 e. The van der Waals surface area contributed by atoms with E-state index in [1.807, 2.05) is 18.2 Å². The van der Waals surface area contributed by atoms with Crippen LogP contribution in [0.25, 0.3) is 0 Å². The van der Waals surface area contributed by atoms with Crippen LogP contribution < -0.4 is 10.1 Å². The Labute approximate surface area is 140 Å². The molecule has 0 radical (unpaired) electrons. The van der Waals surface area contributed by atoms with E-state index in [-0.39, 0.29) is 12.4 Å². The Morgan fingerprint density at radius 1 is 1.24 bits per heavy atom. The lowest BCUT2D eigenvalue weighted by Crippen LogP contribution is -2.05. The highest BCUT2D eigenvalue weighted by atomic mass is 79.9. The molecular formula is C16H12Br2FNO. The number of rotatable bonds is 5. The molecule has 2 rings (SSSR count). The highest BCUT2D eigenvalue weighted by molar-refractivity contribution is 9.10. The molecule has 0 aliphatic heterocycles. The number of para-hydroxylation sites is 1. The normalized spacial score (nSPS) is 10.0. The second kappa shape index (κ2) is 7.48. The van der Waals surface area contributed by atoms with Gasteiger partial charge in [0.25, 0.3) is 0 Å². The molecule has 108 valence electrons. The number of benzene rings is 2. The van der Waals surface area contributed by atoms with E-state index in [4.69, 9.17) is 11.2 Å². The molecule has 0 amide bonds. The maximum Gasteiger partial charge on any atom is 0.148 e. The topological polar surface area (TPSA) is 21.3 Å². The van der Waals surface area contributed by atoms with E-state index in [1.54, 1.807) is 12.1 Å². The van der Waals surface area contributed by atoms with E-state index < -0.39 is 0 Å². The van der Waals surface area contributed by atoms with Crippen LogP contribution >= 0.6 is 31.9 Å². The van der Waals surface area contributed by atoms with Gasteiger partial charge >= 0.3 is 0 Å². The number of hydrogen-bond acceptors (Lipinski definition) is 2. The van der Waals surface area contributed by atoms with Gasteiger partial charge in [-0.1, -0.05) is 27.9 Å². The molecule has 2 aromatic carbocycles. The number of hydrogen-bond donors (Lipinski definition) is 1. The SMILES string of the molecule is C#CCOc1ccc(Br)cc1CNc1c(F)cccc1Br. The van der Waals surface area contributed by atoms with Gasteiger partial charge in [0, 0.05) is 21.1 Å². The molecule has 2 aromatic rings. The number of ether oxygens (including phenoxy) is 1. The van der Waals surface area contributed by atoms with Crippen LogP contribution in [0.2, 0.25) is 0 Å². The lowest BCUT2D eigenvalue weighted by molar-refractivity contribution is 0.366. The molecule has 0 aliphatic carbocycles. The Hall–Kier alpha value is -1.51. The van der Waals surface area contributed by atoms with E-state index in [0.29, 0.717) is 22.5 Å². The van der Waals surface area contributed by atoms with Gasteiger partial charge in [0.1, 0.15) is 18.2 Å². The summed E-state index contributed by atoms with van der Waals surface area (Å²) in [5.41, 5.74) is 1.30. The Kier molecular flexibility index (Phi) is 5.66. The summed E-state index contributed by atoms with van der Waals surface area (Å²) >= 11 is 6.74. The quantitative estimate of drug-likeness (QED) is 0.699. The molecule has 21 heavy (non-hydrogen) atoms. The minimum atomic E-state index is -0.314. The molecule has 0 aliphatic rings. The van der Waals surface area contributed by atoms with Crippen LogP contribution in [0.5, 0.6) is 5.75 Å². The molecule has 0 saturated carbocycles. The first-order valence-corrected chi connectivity index (χ1v) is 7.73. The van der Waals surface area contributed by atoms with Crippen molar-refractivity contribution in [3.63, 3.8) is 0 Å². The summed E-state index contributed by atoms with van der Waals surface area (Å²) in [5.74, 6) is 2.79. The summed E-state index contributed by atoms with van der Waals surface area (Å²) in [5, 5.41) is 3.07. The van der Waals surface area contributed by atoms with Gasteiger partial charge in [0.05, 0.1) is 5.69 Å². The van der Waals surface area contributed by atoms with Crippen molar-refractivity contribution in [3.05, 3.63) is 56.7 Å². The molecule has 5 heteroatoms. The van der Waals surface area contributed by atoms with E-state index in [1.165, 1.54) is 6.07 Å². The second-order valence-corrected chi connectivity index (χ2v) is 5.97. The van der Waals surface area contributed by atoms with Gasteiger partial charge in [-0.05, 0) is 46.3 Å². The first-order valence-electron chi connectivity index (χ1n) is 6.14. The van der Waals surface area contributed by atoms with Gasteiger partial charge in [0.2, 0.25) is 0 Å². The van der Waals surface area contributed by atoms with Crippen molar-refractivity contribution in [2.45, 2.75) is 6.54 Å². The minimum absolute atomic E-state index is 0.192. The lowest BCUT2D eigenvalue weighted by Gasteiger charge is -2.13. The fourth-order valence-corrected chi connectivity index (χ4v) is 2.69. The standard InChI is InChI=1S/C16H12Br2FNO/c1-2-8-21-15-7-6-12(17)9-11(15)10-20-16-13(18)4-3-5-14(16)19/h1,3-7,9,20H,8,10H2. The predicted octanol–water partition coefficient (Wildman–Crippen LogP) is 4.97. The maximum absolute atomic E-state index is 13.8. The third kappa shape index (κ3) is 4.23. The van der Waals surface area contributed by atoms with Gasteiger partial charge in [-0.3, -0.25) is 0 Å². The van der Waals surface area contributed by atoms with Crippen LogP contribution in [-0.4, -0.2) is 6.61 Å². The first kappa shape index (κ1) is 15.9. The van der Waals surface area contributed by atoms with Crippen LogP contribution in [0.1, 0.15) is 5.56 Å². The van der Waals surface area contributed by atoms with E-state index in [9.17, 15) is 4.39 Å². The van der Waals surface area contributed by atoms with Crippen LogP contribution in [-0.2, 0) is 6.54 Å². The average molecular weight is 413 g/mol. The van der Waals surface area contributed by atoms with Crippen molar-refractivity contribution in [2.24, 2.45) is 0 Å². The van der Waals surface area contributed by atoms with Crippen molar-refractivity contribution in [1.29, 1.82) is 0 Å². The molecule has 1 N–H and O–H groups in total. The molecule has 0 unspecified atom stereocenters. The van der Waals surface area contributed by atoms with Crippen LogP contribution in [0, 0.1) is 18.2 Å². The second-order valence-electron chi connectivity index (χ2n) is 4.20. The maximum atomic E-state index is 13.8. The van der Waals surface area contributed by atoms with E-state index in [0.717, 1.165) is 10.0 Å². The molecule has 0 fully saturated rings. The third-order valence-corrected chi connectivity index (χ3v) is 3.91. The van der Waals surface area contributed by atoms with E-state index in [2.05, 4.69) is 43.1 Å². The zero-order chi connectivity index (χ0) is 15.2. The zero-order valence-corrected chi connectivity index (χ0v) is 14.2. The summed E-state index contributed by atoms with van der Waals surface area (Å²) in [6, 6.07) is 10.4. The van der Waals surface area contributed by atoms with Gasteiger partial charge in [-0.15, -0.1) is 6.42 Å². The highest BCUT2D eigenvalue weighted by Gasteiger charge is 2.09. The van der Waals surface area contributed by atoms with Gasteiger partial charge < -0.3 is 10.1 Å². The van der Waals surface area contributed by atoms with Crippen molar-refractivity contribution in [1.82, 2.24) is 0 Å². The fraction of sp³-hybridized carbons (Fsp3) is 0.125. The molecule has 0 saturated heterocycles. The van der Waals surface area contributed by atoms with Gasteiger partial charge in [-0.2, -0.15) is 0 Å². The van der Waals surface area contributed by atoms with Crippen molar-refractivity contribution < 1.29 is 9.13 Å². The third-order valence-electron chi connectivity index (χ3n) is 2.75. The predicted molar refractivity (Wildman–Crippen MR) is 89.9 cm³/mol. The molecule has 0 aromatic heterocycles. The molecule has 2 nitrogen and oxygen atoms in total. The summed E-state index contributed by atoms with van der Waals surface area (Å²) in [6.45, 7) is 0.608. The minimum Gasteiger partial charge on any atom is -0.481 e. The Bertz CT molecular complexity index is 662. The van der Waals surface area contributed by atoms with Crippen molar-refractivity contribution >= 4 is 37.5 Å². The summed E-state index contributed by atoms with van der Waals surface area (Å²) < 4.78 is 20.9. The summed E-state index contributed by atoms with van der Waals surface area (Å²) in [4.78, 5) is 0. The highest BCUT2D eigenvalue weighted by Crippen LogP contribution is 2.28. The van der Waals surface area contributed by atoms with Crippen LogP contribution in [0.4, 0.5) is 10.1 Å². The summed E-state index contributed by atoms with van der Waals surface area (Å²) in [6.07, 6.45) is 5.21. The number of nitrogens with one attached hydrogen (secondary N) is 1. The zero-order valence-electron chi connectivity index (χ0n) is 11.0. The number of terminal acetylenes is 1. The molecule has 0 atom stereocenters. The Balaban J connectivity index is 2.19. The van der Waals surface area contributed by atoms with Crippen molar-refractivity contribution in [3.8, 4) is 18.1 Å². The lowest BCUT2D eigenvalue weighted by atomic mass is 10.2. The van der Waals surface area contributed by atoms with E-state index >= 15 is 0 Å². The summed E-state index contributed by atoms with van der Waals surface area (Å²) in [7, 11) is 0. The molecule has 0 heterocycles. The molecule has 0 bridgehead atoms. The molecular weight excluding hydrogens is 401 g/mol. The fourth-order valence-electron chi connectivity index (χ4n) is 1.80. The van der Waals surface area contributed by atoms with Gasteiger partial charge in [0.15, 0.2) is 0 Å². The van der Waals surface area contributed by atoms with Crippen molar-refractivity contribution in [2.75, 3.05) is 11.9 Å². The smallest absolute Gasteiger partial charge is 0.148 e. The average Bonchev–Trinajstić information content (AvgIpc) is 2.46. The van der Waals surface area contributed by atoms with Gasteiger partial charge in [-0.25, -0.2) is 4.39 Å².